The van der Waals surface area contributed by atoms with Gasteiger partial charge in [-0.15, -0.1) is 0 Å². The quantitative estimate of drug-likeness (QED) is 0.735. The number of amides is 1. The Morgan fingerprint density at radius 2 is 1.92 bits per heavy atom. The average molecular weight is 352 g/mol. The van der Waals surface area contributed by atoms with Gasteiger partial charge in [0.15, 0.2) is 6.10 Å². The summed E-state index contributed by atoms with van der Waals surface area (Å²) < 4.78 is 23.9. The number of hydrogen-bond donors (Lipinski definition) is 1. The lowest BCUT2D eigenvalue weighted by Crippen LogP contribution is -2.39. The second-order valence-electron chi connectivity index (χ2n) is 5.04. The van der Waals surface area contributed by atoms with E-state index in [-0.39, 0.29) is 18.3 Å². The number of rotatable bonds is 8. The number of ether oxygens (including phenoxy) is 2. The van der Waals surface area contributed by atoms with Crippen molar-refractivity contribution in [3.63, 3.8) is 0 Å². The number of hydrogen-bond acceptors (Lipinski definition) is 3. The number of halogens is 2. The van der Waals surface area contributed by atoms with Crippen molar-refractivity contribution in [2.24, 2.45) is 0 Å². The van der Waals surface area contributed by atoms with Crippen molar-refractivity contribution in [1.82, 2.24) is 5.32 Å². The molecule has 0 spiro atoms. The lowest BCUT2D eigenvalue weighted by Gasteiger charge is -2.18. The van der Waals surface area contributed by atoms with Crippen LogP contribution in [-0.4, -0.2) is 25.2 Å². The molecule has 128 valence electrons. The van der Waals surface area contributed by atoms with Crippen LogP contribution in [0.1, 0.15) is 13.3 Å². The highest BCUT2D eigenvalue weighted by Gasteiger charge is 2.18. The van der Waals surface area contributed by atoms with Crippen molar-refractivity contribution >= 4 is 17.5 Å². The molecule has 1 atom stereocenters. The molecule has 2 rings (SSSR count). The van der Waals surface area contributed by atoms with Gasteiger partial charge in [-0.05, 0) is 42.8 Å². The number of para-hydroxylation sites is 1. The first-order valence-corrected chi connectivity index (χ1v) is 8.05. The fraction of sp³-hybridized carbons (Fsp3) is 0.278. The maximum Gasteiger partial charge on any atom is 0.261 e. The van der Waals surface area contributed by atoms with E-state index in [4.69, 9.17) is 21.1 Å². The van der Waals surface area contributed by atoms with Crippen LogP contribution in [0.15, 0.2) is 48.5 Å². The highest BCUT2D eigenvalue weighted by molar-refractivity contribution is 6.32. The van der Waals surface area contributed by atoms with Crippen molar-refractivity contribution < 1.29 is 18.7 Å². The van der Waals surface area contributed by atoms with E-state index in [0.717, 1.165) is 0 Å². The molecule has 24 heavy (non-hydrogen) atoms. The van der Waals surface area contributed by atoms with Gasteiger partial charge in [-0.1, -0.05) is 30.7 Å². The van der Waals surface area contributed by atoms with Crippen LogP contribution in [0.5, 0.6) is 11.5 Å². The average Bonchev–Trinajstić information content (AvgIpc) is 2.59. The normalized spacial score (nSPS) is 11.6. The lowest BCUT2D eigenvalue weighted by molar-refractivity contribution is -0.128. The maximum absolute atomic E-state index is 12.8. The largest absolute Gasteiger partial charge is 0.492 e. The van der Waals surface area contributed by atoms with Gasteiger partial charge in [-0.3, -0.25) is 4.79 Å². The molecule has 6 heteroatoms. The lowest BCUT2D eigenvalue weighted by atomic mass is 10.2. The third kappa shape index (κ3) is 5.42. The van der Waals surface area contributed by atoms with Crippen molar-refractivity contribution in [3.8, 4) is 11.5 Å². The topological polar surface area (TPSA) is 47.6 Å². The van der Waals surface area contributed by atoms with E-state index in [2.05, 4.69) is 5.32 Å². The zero-order chi connectivity index (χ0) is 17.4. The van der Waals surface area contributed by atoms with E-state index in [0.29, 0.717) is 29.5 Å². The van der Waals surface area contributed by atoms with Gasteiger partial charge < -0.3 is 14.8 Å². The molecule has 0 bridgehead atoms. The first-order valence-electron chi connectivity index (χ1n) is 7.67. The van der Waals surface area contributed by atoms with Crippen LogP contribution in [0, 0.1) is 5.82 Å². The Bertz CT molecular complexity index is 664. The van der Waals surface area contributed by atoms with Crippen LogP contribution < -0.4 is 14.8 Å². The zero-order valence-corrected chi connectivity index (χ0v) is 14.1. The minimum atomic E-state index is -0.629. The van der Waals surface area contributed by atoms with Gasteiger partial charge in [0.05, 0.1) is 11.6 Å². The summed E-state index contributed by atoms with van der Waals surface area (Å²) in [6.07, 6.45) is -0.119. The van der Waals surface area contributed by atoms with Crippen molar-refractivity contribution in [2.45, 2.75) is 19.4 Å². The number of carbonyl (C=O) groups excluding carboxylic acids is 1. The van der Waals surface area contributed by atoms with E-state index in [9.17, 15) is 9.18 Å². The van der Waals surface area contributed by atoms with Gasteiger partial charge in [0.1, 0.15) is 23.9 Å². The highest BCUT2D eigenvalue weighted by Crippen LogP contribution is 2.24. The van der Waals surface area contributed by atoms with Crippen LogP contribution in [0.2, 0.25) is 5.02 Å². The van der Waals surface area contributed by atoms with Crippen molar-refractivity contribution in [2.75, 3.05) is 13.2 Å². The van der Waals surface area contributed by atoms with Gasteiger partial charge >= 0.3 is 0 Å². The molecule has 0 fully saturated rings. The molecule has 2 aromatic carbocycles. The van der Waals surface area contributed by atoms with Crippen LogP contribution in [0.3, 0.4) is 0 Å². The molecular formula is C18H19ClFNO3. The number of nitrogens with one attached hydrogen (secondary N) is 1. The predicted octanol–water partition coefficient (Wildman–Crippen LogP) is 3.83. The number of benzene rings is 2. The summed E-state index contributed by atoms with van der Waals surface area (Å²) in [5.74, 6) is 0.465. The Morgan fingerprint density at radius 3 is 2.58 bits per heavy atom. The van der Waals surface area contributed by atoms with Crippen LogP contribution in [-0.2, 0) is 4.79 Å². The standard InChI is InChI=1S/C18H19ClFNO3/c1-2-16(24-17-6-4-3-5-15(17)19)18(22)21-11-12-23-14-9-7-13(20)8-10-14/h3-10,16H,2,11-12H2,1H3,(H,21,22). The molecular weight excluding hydrogens is 333 g/mol. The van der Waals surface area contributed by atoms with Crippen LogP contribution in [0.25, 0.3) is 0 Å². The summed E-state index contributed by atoms with van der Waals surface area (Å²) in [7, 11) is 0. The van der Waals surface area contributed by atoms with E-state index in [1.807, 2.05) is 6.92 Å². The van der Waals surface area contributed by atoms with Crippen LogP contribution in [0.4, 0.5) is 4.39 Å². The van der Waals surface area contributed by atoms with Crippen LogP contribution >= 0.6 is 11.6 Å². The van der Waals surface area contributed by atoms with Gasteiger partial charge in [-0.25, -0.2) is 4.39 Å². The summed E-state index contributed by atoms with van der Waals surface area (Å²) in [5.41, 5.74) is 0. The molecule has 0 saturated heterocycles. The van der Waals surface area contributed by atoms with Gasteiger partial charge in [-0.2, -0.15) is 0 Å². The fourth-order valence-electron chi connectivity index (χ4n) is 2.00. The molecule has 0 heterocycles. The van der Waals surface area contributed by atoms with E-state index in [1.54, 1.807) is 24.3 Å². The minimum Gasteiger partial charge on any atom is -0.492 e. The maximum atomic E-state index is 12.8. The Kier molecular flexibility index (Phi) is 6.88. The molecule has 0 aliphatic rings. The summed E-state index contributed by atoms with van der Waals surface area (Å²) in [6, 6.07) is 12.7. The smallest absolute Gasteiger partial charge is 0.261 e. The molecule has 0 saturated carbocycles. The van der Waals surface area contributed by atoms with E-state index < -0.39 is 6.10 Å². The van der Waals surface area contributed by atoms with E-state index >= 15 is 0 Å². The first kappa shape index (κ1) is 18.1. The van der Waals surface area contributed by atoms with Crippen molar-refractivity contribution in [1.29, 1.82) is 0 Å². The van der Waals surface area contributed by atoms with Crippen molar-refractivity contribution in [3.05, 3.63) is 59.4 Å². The molecule has 1 unspecified atom stereocenters. The molecule has 1 amide bonds. The molecule has 0 aliphatic carbocycles. The number of carbonyl (C=O) groups is 1. The predicted molar refractivity (Wildman–Crippen MR) is 91.1 cm³/mol. The summed E-state index contributed by atoms with van der Waals surface area (Å²) in [5, 5.41) is 3.21. The monoisotopic (exact) mass is 351 g/mol. The highest BCUT2D eigenvalue weighted by atomic mass is 35.5. The second-order valence-corrected chi connectivity index (χ2v) is 5.45. The molecule has 0 aliphatic heterocycles. The third-order valence-electron chi connectivity index (χ3n) is 3.25. The molecule has 4 nitrogen and oxygen atoms in total. The fourth-order valence-corrected chi connectivity index (χ4v) is 2.18. The summed E-state index contributed by atoms with van der Waals surface area (Å²) in [4.78, 5) is 12.2. The Labute approximate surface area is 145 Å². The Morgan fingerprint density at radius 1 is 1.21 bits per heavy atom. The molecule has 0 radical (unpaired) electrons. The minimum absolute atomic E-state index is 0.236. The second kappa shape index (κ2) is 9.13. The van der Waals surface area contributed by atoms with E-state index in [1.165, 1.54) is 24.3 Å². The zero-order valence-electron chi connectivity index (χ0n) is 13.3. The molecule has 1 N–H and O–H groups in total. The third-order valence-corrected chi connectivity index (χ3v) is 3.57. The van der Waals surface area contributed by atoms with Gasteiger partial charge in [0.2, 0.25) is 0 Å². The SMILES string of the molecule is CCC(Oc1ccccc1Cl)C(=O)NCCOc1ccc(F)cc1. The Balaban J connectivity index is 1.77. The molecule has 0 aromatic heterocycles. The molecule has 2 aromatic rings. The summed E-state index contributed by atoms with van der Waals surface area (Å²) in [6.45, 7) is 2.45. The Hall–Kier alpha value is -2.27. The summed E-state index contributed by atoms with van der Waals surface area (Å²) >= 11 is 6.03. The van der Waals surface area contributed by atoms with Gasteiger partial charge in [0.25, 0.3) is 5.91 Å². The van der Waals surface area contributed by atoms with Gasteiger partial charge in [0, 0.05) is 0 Å². The first-order chi connectivity index (χ1) is 11.6.